The minimum Gasteiger partial charge on any atom is -0.272 e. The van der Waals surface area contributed by atoms with E-state index < -0.39 is 0 Å². The number of hydrogen-bond donors (Lipinski definition) is 1. The van der Waals surface area contributed by atoms with E-state index >= 15 is 0 Å². The molecule has 1 aromatic heterocycles. The Morgan fingerprint density at radius 3 is 2.11 bits per heavy atom. The predicted octanol–water partition coefficient (Wildman–Crippen LogP) is 6.15. The van der Waals surface area contributed by atoms with Gasteiger partial charge in [0, 0.05) is 11.3 Å². The van der Waals surface area contributed by atoms with Crippen LogP contribution in [0.25, 0.3) is 28.2 Å². The number of carbonyl (C=O) groups is 1. The maximum Gasteiger partial charge on any atom is 0.250 e. The van der Waals surface area contributed by atoms with Crippen LogP contribution in [0.5, 0.6) is 0 Å². The van der Waals surface area contributed by atoms with Crippen LogP contribution >= 0.6 is 11.8 Å². The second-order valence-corrected chi connectivity index (χ2v) is 9.36. The van der Waals surface area contributed by atoms with Gasteiger partial charge in [-0.1, -0.05) is 114 Å². The van der Waals surface area contributed by atoms with E-state index in [0.717, 1.165) is 33.8 Å². The first-order chi connectivity index (χ1) is 18.2. The van der Waals surface area contributed by atoms with Gasteiger partial charge in [0.2, 0.25) is 0 Å². The van der Waals surface area contributed by atoms with Gasteiger partial charge >= 0.3 is 0 Å². The fraction of sp³-hybridized carbons (Fsp3) is 0.0667. The normalized spacial score (nSPS) is 11.1. The van der Waals surface area contributed by atoms with Crippen molar-refractivity contribution < 1.29 is 4.79 Å². The lowest BCUT2D eigenvalue weighted by Crippen LogP contribution is -2.20. The number of rotatable bonds is 8. The first-order valence-electron chi connectivity index (χ1n) is 11.9. The summed E-state index contributed by atoms with van der Waals surface area (Å²) in [5.41, 5.74) is 8.85. The molecule has 0 radical (unpaired) electrons. The van der Waals surface area contributed by atoms with E-state index in [1.165, 1.54) is 17.3 Å². The summed E-state index contributed by atoms with van der Waals surface area (Å²) in [6, 6.07) is 36.3. The average Bonchev–Trinajstić information content (AvgIpc) is 3.38. The second kappa shape index (κ2) is 11.5. The number of carbonyl (C=O) groups excluding carboxylic acids is 1. The lowest BCUT2D eigenvalue weighted by atomic mass is 10.0. The molecule has 5 rings (SSSR count). The monoisotopic (exact) mass is 503 g/mol. The second-order valence-electron chi connectivity index (χ2n) is 8.41. The van der Waals surface area contributed by atoms with Crippen LogP contribution in [0.2, 0.25) is 0 Å². The molecule has 1 N–H and O–H groups in total. The molecule has 1 heterocycles. The van der Waals surface area contributed by atoms with Crippen LogP contribution in [0.4, 0.5) is 0 Å². The smallest absolute Gasteiger partial charge is 0.250 e. The Labute approximate surface area is 220 Å². The zero-order valence-electron chi connectivity index (χ0n) is 20.3. The minimum atomic E-state index is -0.220. The van der Waals surface area contributed by atoms with Crippen LogP contribution in [-0.2, 0) is 4.79 Å². The highest BCUT2D eigenvalue weighted by molar-refractivity contribution is 7.99. The Kier molecular flexibility index (Phi) is 7.52. The van der Waals surface area contributed by atoms with Crippen LogP contribution in [-0.4, -0.2) is 32.6 Å². The van der Waals surface area contributed by atoms with E-state index in [4.69, 9.17) is 0 Å². The number of benzene rings is 4. The molecule has 6 nitrogen and oxygen atoms in total. The maximum absolute atomic E-state index is 12.5. The van der Waals surface area contributed by atoms with Crippen molar-refractivity contribution in [1.29, 1.82) is 0 Å². The van der Waals surface area contributed by atoms with Gasteiger partial charge in [-0.15, -0.1) is 10.2 Å². The topological polar surface area (TPSA) is 72.2 Å². The van der Waals surface area contributed by atoms with Crippen molar-refractivity contribution in [2.24, 2.45) is 5.10 Å². The summed E-state index contributed by atoms with van der Waals surface area (Å²) in [6.07, 6.45) is 1.64. The van der Waals surface area contributed by atoms with Crippen LogP contribution < -0.4 is 5.43 Å². The summed E-state index contributed by atoms with van der Waals surface area (Å²) in [4.78, 5) is 12.5. The molecule has 0 spiro atoms. The van der Waals surface area contributed by atoms with Crippen molar-refractivity contribution in [2.45, 2.75) is 12.1 Å². The SMILES string of the molecule is Cc1ccc(-n2c(SCC(=O)NN=Cc3ccc(-c4ccccc4)cc3)nnc2-c2ccccc2)cc1. The van der Waals surface area contributed by atoms with E-state index in [1.807, 2.05) is 109 Å². The van der Waals surface area contributed by atoms with Crippen molar-refractivity contribution in [3.8, 4) is 28.2 Å². The molecule has 0 aliphatic rings. The molecule has 37 heavy (non-hydrogen) atoms. The summed E-state index contributed by atoms with van der Waals surface area (Å²) >= 11 is 1.32. The summed E-state index contributed by atoms with van der Waals surface area (Å²) < 4.78 is 1.98. The van der Waals surface area contributed by atoms with Gasteiger partial charge in [-0.25, -0.2) is 5.43 Å². The fourth-order valence-corrected chi connectivity index (χ4v) is 4.54. The van der Waals surface area contributed by atoms with E-state index in [9.17, 15) is 4.79 Å². The lowest BCUT2D eigenvalue weighted by Gasteiger charge is -2.10. The number of nitrogens with one attached hydrogen (secondary N) is 1. The Morgan fingerprint density at radius 2 is 1.43 bits per heavy atom. The maximum atomic E-state index is 12.5. The zero-order valence-corrected chi connectivity index (χ0v) is 21.1. The molecule has 0 fully saturated rings. The zero-order chi connectivity index (χ0) is 25.5. The van der Waals surface area contributed by atoms with Crippen molar-refractivity contribution in [3.05, 3.63) is 120 Å². The summed E-state index contributed by atoms with van der Waals surface area (Å²) in [7, 11) is 0. The number of nitrogens with zero attached hydrogens (tertiary/aromatic N) is 4. The Bertz CT molecular complexity index is 1500. The number of hydrazone groups is 1. The van der Waals surface area contributed by atoms with Gasteiger partial charge in [0.25, 0.3) is 5.91 Å². The van der Waals surface area contributed by atoms with E-state index in [2.05, 4.69) is 32.9 Å². The molecule has 0 atom stereocenters. The molecule has 0 aliphatic carbocycles. The fourth-order valence-electron chi connectivity index (χ4n) is 3.80. The van der Waals surface area contributed by atoms with E-state index in [0.29, 0.717) is 5.16 Å². The van der Waals surface area contributed by atoms with Crippen molar-refractivity contribution in [1.82, 2.24) is 20.2 Å². The van der Waals surface area contributed by atoms with Crippen LogP contribution in [0.1, 0.15) is 11.1 Å². The number of thioether (sulfide) groups is 1. The average molecular weight is 504 g/mol. The van der Waals surface area contributed by atoms with Gasteiger partial charge in [0.1, 0.15) is 0 Å². The van der Waals surface area contributed by atoms with Crippen molar-refractivity contribution >= 4 is 23.9 Å². The minimum absolute atomic E-state index is 0.156. The number of hydrogen-bond acceptors (Lipinski definition) is 5. The van der Waals surface area contributed by atoms with Gasteiger partial charge in [-0.3, -0.25) is 9.36 Å². The standard InChI is InChI=1S/C30H25N5OS/c1-22-12-18-27(19-13-22)35-29(26-10-6-3-7-11-26)33-34-30(35)37-21-28(36)32-31-20-23-14-16-25(17-15-23)24-8-4-2-5-9-24/h2-20H,21H2,1H3,(H,32,36). The molecular weight excluding hydrogens is 478 g/mol. The molecule has 1 amide bonds. The van der Waals surface area contributed by atoms with Crippen LogP contribution in [0.3, 0.4) is 0 Å². The third kappa shape index (κ3) is 6.02. The molecule has 182 valence electrons. The van der Waals surface area contributed by atoms with E-state index in [1.54, 1.807) is 6.21 Å². The Hall–Kier alpha value is -4.49. The van der Waals surface area contributed by atoms with Gasteiger partial charge in [-0.05, 0) is 35.7 Å². The third-order valence-corrected chi connectivity index (χ3v) is 6.64. The van der Waals surface area contributed by atoms with Crippen LogP contribution in [0, 0.1) is 6.92 Å². The molecule has 0 saturated heterocycles. The summed E-state index contributed by atoms with van der Waals surface area (Å²) in [6.45, 7) is 2.05. The third-order valence-electron chi connectivity index (χ3n) is 5.71. The number of aromatic nitrogens is 3. The molecular formula is C30H25N5OS. The first kappa shape index (κ1) is 24.2. The molecule has 0 bridgehead atoms. The quantitative estimate of drug-likeness (QED) is 0.157. The summed E-state index contributed by atoms with van der Waals surface area (Å²) in [5.74, 6) is 0.662. The van der Waals surface area contributed by atoms with Gasteiger partial charge in [-0.2, -0.15) is 5.10 Å². The Morgan fingerprint density at radius 1 is 0.811 bits per heavy atom. The highest BCUT2D eigenvalue weighted by atomic mass is 32.2. The molecule has 0 aliphatic heterocycles. The lowest BCUT2D eigenvalue weighted by molar-refractivity contribution is -0.118. The van der Waals surface area contributed by atoms with Crippen molar-refractivity contribution in [3.63, 3.8) is 0 Å². The highest BCUT2D eigenvalue weighted by Crippen LogP contribution is 2.28. The van der Waals surface area contributed by atoms with Crippen LogP contribution in [0.15, 0.2) is 119 Å². The number of aryl methyl sites for hydroxylation is 1. The van der Waals surface area contributed by atoms with E-state index in [-0.39, 0.29) is 11.7 Å². The van der Waals surface area contributed by atoms with Gasteiger partial charge in [0.15, 0.2) is 11.0 Å². The molecule has 0 unspecified atom stereocenters. The molecule has 5 aromatic rings. The Balaban J connectivity index is 1.24. The summed E-state index contributed by atoms with van der Waals surface area (Å²) in [5, 5.41) is 13.6. The largest absolute Gasteiger partial charge is 0.272 e. The molecule has 4 aromatic carbocycles. The van der Waals surface area contributed by atoms with Gasteiger partial charge < -0.3 is 0 Å². The number of amides is 1. The van der Waals surface area contributed by atoms with Crippen molar-refractivity contribution in [2.75, 3.05) is 5.75 Å². The first-order valence-corrected chi connectivity index (χ1v) is 12.8. The van der Waals surface area contributed by atoms with Gasteiger partial charge in [0.05, 0.1) is 12.0 Å². The highest BCUT2D eigenvalue weighted by Gasteiger charge is 2.17. The predicted molar refractivity (Wildman–Crippen MR) is 150 cm³/mol. The molecule has 0 saturated carbocycles. The molecule has 7 heteroatoms.